The SMILES string of the molecule is CC1CCN(S(=O)(=O)Nc2ccc(O)c(Cl)c2)CC1. The van der Waals surface area contributed by atoms with Crippen LogP contribution in [0.1, 0.15) is 19.8 Å². The van der Waals surface area contributed by atoms with Crippen LogP contribution in [0.4, 0.5) is 5.69 Å². The van der Waals surface area contributed by atoms with E-state index in [1.165, 1.54) is 22.5 Å². The van der Waals surface area contributed by atoms with E-state index in [2.05, 4.69) is 11.6 Å². The van der Waals surface area contributed by atoms with Crippen molar-refractivity contribution < 1.29 is 13.5 Å². The molecule has 0 amide bonds. The fourth-order valence-corrected chi connectivity index (χ4v) is 3.44. The zero-order valence-electron chi connectivity index (χ0n) is 10.6. The molecule has 106 valence electrons. The van der Waals surface area contributed by atoms with E-state index in [0.29, 0.717) is 24.7 Å². The Morgan fingerprint density at radius 1 is 1.37 bits per heavy atom. The number of halogens is 1. The maximum Gasteiger partial charge on any atom is 0.301 e. The van der Waals surface area contributed by atoms with Crippen LogP contribution in [0.2, 0.25) is 5.02 Å². The van der Waals surface area contributed by atoms with Gasteiger partial charge in [0.2, 0.25) is 0 Å². The molecule has 2 N–H and O–H groups in total. The molecule has 0 bridgehead atoms. The summed E-state index contributed by atoms with van der Waals surface area (Å²) in [5, 5.41) is 9.42. The van der Waals surface area contributed by atoms with Crippen LogP contribution in [0.15, 0.2) is 18.2 Å². The average Bonchev–Trinajstić information content (AvgIpc) is 2.34. The fraction of sp³-hybridized carbons (Fsp3) is 0.500. The zero-order valence-corrected chi connectivity index (χ0v) is 12.2. The van der Waals surface area contributed by atoms with Crippen molar-refractivity contribution in [3.8, 4) is 5.75 Å². The third-order valence-corrected chi connectivity index (χ3v) is 5.12. The van der Waals surface area contributed by atoms with Crippen LogP contribution in [0, 0.1) is 5.92 Å². The van der Waals surface area contributed by atoms with Crippen LogP contribution < -0.4 is 4.72 Å². The molecule has 0 unspecified atom stereocenters. The Labute approximate surface area is 118 Å². The Morgan fingerprint density at radius 2 is 2.00 bits per heavy atom. The number of hydrogen-bond donors (Lipinski definition) is 2. The third-order valence-electron chi connectivity index (χ3n) is 3.28. The second-order valence-electron chi connectivity index (χ2n) is 4.85. The zero-order chi connectivity index (χ0) is 14.0. The van der Waals surface area contributed by atoms with Gasteiger partial charge in [-0.15, -0.1) is 0 Å². The number of hydrogen-bond acceptors (Lipinski definition) is 3. The van der Waals surface area contributed by atoms with Crippen LogP contribution in [-0.2, 0) is 10.2 Å². The summed E-state index contributed by atoms with van der Waals surface area (Å²) in [6.07, 6.45) is 1.74. The summed E-state index contributed by atoms with van der Waals surface area (Å²) in [6, 6.07) is 4.23. The van der Waals surface area contributed by atoms with E-state index in [-0.39, 0.29) is 10.8 Å². The highest BCUT2D eigenvalue weighted by atomic mass is 35.5. The maximum atomic E-state index is 12.2. The minimum atomic E-state index is -3.55. The molecule has 0 saturated carbocycles. The van der Waals surface area contributed by atoms with E-state index in [1.807, 2.05) is 0 Å². The number of aromatic hydroxyl groups is 1. The van der Waals surface area contributed by atoms with Gasteiger partial charge in [-0.05, 0) is 37.0 Å². The molecule has 0 aromatic heterocycles. The molecule has 19 heavy (non-hydrogen) atoms. The van der Waals surface area contributed by atoms with Crippen molar-refractivity contribution in [1.82, 2.24) is 4.31 Å². The minimum Gasteiger partial charge on any atom is -0.506 e. The molecule has 1 aliphatic rings. The molecule has 0 atom stereocenters. The number of piperidine rings is 1. The monoisotopic (exact) mass is 304 g/mol. The minimum absolute atomic E-state index is 0.0728. The van der Waals surface area contributed by atoms with Crippen molar-refractivity contribution in [3.63, 3.8) is 0 Å². The third kappa shape index (κ3) is 3.52. The molecule has 1 fully saturated rings. The summed E-state index contributed by atoms with van der Waals surface area (Å²) in [5.74, 6) is 0.492. The van der Waals surface area contributed by atoms with E-state index < -0.39 is 10.2 Å². The van der Waals surface area contributed by atoms with Crippen LogP contribution in [0.5, 0.6) is 5.75 Å². The van der Waals surface area contributed by atoms with Gasteiger partial charge in [0.1, 0.15) is 5.75 Å². The summed E-state index contributed by atoms with van der Waals surface area (Å²) >= 11 is 5.75. The summed E-state index contributed by atoms with van der Waals surface area (Å²) in [5.41, 5.74) is 0.349. The van der Waals surface area contributed by atoms with Gasteiger partial charge in [0, 0.05) is 13.1 Å². The lowest BCUT2D eigenvalue weighted by Crippen LogP contribution is -2.41. The van der Waals surface area contributed by atoms with Crippen LogP contribution in [0.25, 0.3) is 0 Å². The number of phenolic OH excluding ortho intramolecular Hbond substituents is 1. The number of phenols is 1. The van der Waals surface area contributed by atoms with Crippen molar-refractivity contribution in [2.24, 2.45) is 5.92 Å². The topological polar surface area (TPSA) is 69.6 Å². The van der Waals surface area contributed by atoms with Crippen molar-refractivity contribution in [3.05, 3.63) is 23.2 Å². The lowest BCUT2D eigenvalue weighted by molar-refractivity contribution is 0.289. The van der Waals surface area contributed by atoms with E-state index in [1.54, 1.807) is 0 Å². The molecule has 0 spiro atoms. The Balaban J connectivity index is 2.10. The highest BCUT2D eigenvalue weighted by Gasteiger charge is 2.26. The number of nitrogens with one attached hydrogen (secondary N) is 1. The molecule has 1 aromatic carbocycles. The standard InChI is InChI=1S/C12H17ClN2O3S/c1-9-4-6-15(7-5-9)19(17,18)14-10-2-3-12(16)11(13)8-10/h2-3,8-9,14,16H,4-7H2,1H3. The van der Waals surface area contributed by atoms with Crippen molar-refractivity contribution in [2.75, 3.05) is 17.8 Å². The number of rotatable bonds is 3. The number of benzene rings is 1. The van der Waals surface area contributed by atoms with Gasteiger partial charge in [-0.2, -0.15) is 12.7 Å². The second-order valence-corrected chi connectivity index (χ2v) is 6.93. The average molecular weight is 305 g/mol. The van der Waals surface area contributed by atoms with Crippen LogP contribution in [-0.4, -0.2) is 30.9 Å². The van der Waals surface area contributed by atoms with Crippen molar-refractivity contribution >= 4 is 27.5 Å². The lowest BCUT2D eigenvalue weighted by Gasteiger charge is -2.29. The molecule has 0 aliphatic carbocycles. The van der Waals surface area contributed by atoms with E-state index in [9.17, 15) is 13.5 Å². The van der Waals surface area contributed by atoms with Gasteiger partial charge in [-0.3, -0.25) is 4.72 Å². The molecule has 7 heteroatoms. The molecule has 1 heterocycles. The van der Waals surface area contributed by atoms with Gasteiger partial charge in [0.15, 0.2) is 0 Å². The van der Waals surface area contributed by atoms with Gasteiger partial charge >= 0.3 is 10.2 Å². The van der Waals surface area contributed by atoms with Gasteiger partial charge in [0.05, 0.1) is 10.7 Å². The molecule has 5 nitrogen and oxygen atoms in total. The molecule has 1 aromatic rings. The molecular weight excluding hydrogens is 288 g/mol. The Hall–Kier alpha value is -0.980. The Bertz CT molecular complexity index is 554. The summed E-state index contributed by atoms with van der Waals surface area (Å²) in [4.78, 5) is 0. The molecule has 1 saturated heterocycles. The first-order valence-corrected chi connectivity index (χ1v) is 7.96. The highest BCUT2D eigenvalue weighted by molar-refractivity contribution is 7.90. The van der Waals surface area contributed by atoms with Crippen molar-refractivity contribution in [1.29, 1.82) is 0 Å². The quantitative estimate of drug-likeness (QED) is 0.843. The summed E-state index contributed by atoms with van der Waals surface area (Å²) in [6.45, 7) is 3.18. The van der Waals surface area contributed by atoms with E-state index in [0.717, 1.165) is 12.8 Å². The fourth-order valence-electron chi connectivity index (χ4n) is 2.01. The molecule has 1 aliphatic heterocycles. The smallest absolute Gasteiger partial charge is 0.301 e. The Kier molecular flexibility index (Phi) is 4.23. The summed E-state index contributed by atoms with van der Waals surface area (Å²) in [7, 11) is -3.55. The van der Waals surface area contributed by atoms with Crippen molar-refractivity contribution in [2.45, 2.75) is 19.8 Å². The largest absolute Gasteiger partial charge is 0.506 e. The predicted octanol–water partition coefficient (Wildman–Crippen LogP) is 2.43. The van der Waals surface area contributed by atoms with Gasteiger partial charge in [0.25, 0.3) is 0 Å². The summed E-state index contributed by atoms with van der Waals surface area (Å²) < 4.78 is 28.2. The molecule has 0 radical (unpaired) electrons. The van der Waals surface area contributed by atoms with Gasteiger partial charge < -0.3 is 5.11 Å². The highest BCUT2D eigenvalue weighted by Crippen LogP contribution is 2.27. The van der Waals surface area contributed by atoms with Crippen LogP contribution >= 0.6 is 11.6 Å². The molecular formula is C12H17ClN2O3S. The second kappa shape index (κ2) is 5.56. The Morgan fingerprint density at radius 3 is 2.58 bits per heavy atom. The number of nitrogens with zero attached hydrogens (tertiary/aromatic N) is 1. The predicted molar refractivity (Wildman–Crippen MR) is 75.6 cm³/mol. The van der Waals surface area contributed by atoms with E-state index in [4.69, 9.17) is 11.6 Å². The van der Waals surface area contributed by atoms with Crippen LogP contribution in [0.3, 0.4) is 0 Å². The first-order chi connectivity index (χ1) is 8.88. The van der Waals surface area contributed by atoms with E-state index >= 15 is 0 Å². The normalized spacial score (nSPS) is 18.4. The molecule has 2 rings (SSSR count). The first kappa shape index (κ1) is 14.4. The lowest BCUT2D eigenvalue weighted by atomic mass is 10.0. The first-order valence-electron chi connectivity index (χ1n) is 6.15. The maximum absolute atomic E-state index is 12.2. The van der Waals surface area contributed by atoms with Gasteiger partial charge in [-0.1, -0.05) is 18.5 Å². The van der Waals surface area contributed by atoms with Gasteiger partial charge in [-0.25, -0.2) is 0 Å². The number of anilines is 1.